The number of nitrogens with zero attached hydrogens (tertiary/aromatic N) is 2. The molecule has 19 heavy (non-hydrogen) atoms. The van der Waals surface area contributed by atoms with Crippen LogP contribution in [0.25, 0.3) is 0 Å². The van der Waals surface area contributed by atoms with Crippen LogP contribution < -0.4 is 0 Å². The van der Waals surface area contributed by atoms with E-state index in [1.54, 1.807) is 0 Å². The lowest BCUT2D eigenvalue weighted by Gasteiger charge is -2.31. The summed E-state index contributed by atoms with van der Waals surface area (Å²) in [4.78, 5) is 4.96. The van der Waals surface area contributed by atoms with Crippen molar-refractivity contribution in [3.8, 4) is 0 Å². The molecule has 1 N–H and O–H groups in total. The van der Waals surface area contributed by atoms with Gasteiger partial charge in [0.05, 0.1) is 0 Å². The van der Waals surface area contributed by atoms with E-state index in [-0.39, 0.29) is 6.61 Å². The monoisotopic (exact) mass is 262 g/mol. The summed E-state index contributed by atoms with van der Waals surface area (Å²) in [6.07, 6.45) is 2.06. The molecule has 2 unspecified atom stereocenters. The van der Waals surface area contributed by atoms with E-state index in [2.05, 4.69) is 54.1 Å². The number of hydrogen-bond acceptors (Lipinski definition) is 3. The van der Waals surface area contributed by atoms with Gasteiger partial charge in [-0.1, -0.05) is 30.3 Å². The van der Waals surface area contributed by atoms with Gasteiger partial charge >= 0.3 is 0 Å². The lowest BCUT2D eigenvalue weighted by molar-refractivity contribution is 0.140. The minimum Gasteiger partial charge on any atom is -0.396 e. The fraction of sp³-hybridized carbons (Fsp3) is 0.625. The Kier molecular flexibility index (Phi) is 5.37. The maximum atomic E-state index is 9.30. The molecule has 106 valence electrons. The van der Waals surface area contributed by atoms with E-state index in [0.717, 1.165) is 26.1 Å². The lowest BCUT2D eigenvalue weighted by atomic mass is 10.1. The summed E-state index contributed by atoms with van der Waals surface area (Å²) in [7, 11) is 2.20. The predicted octanol–water partition coefficient (Wildman–Crippen LogP) is 1.96. The van der Waals surface area contributed by atoms with Crippen LogP contribution >= 0.6 is 0 Å². The number of aliphatic hydroxyl groups excluding tert-OH is 1. The highest BCUT2D eigenvalue weighted by atomic mass is 16.3. The maximum Gasteiger partial charge on any atom is 0.0446 e. The highest BCUT2D eigenvalue weighted by molar-refractivity contribution is 5.14. The third-order valence-corrected chi connectivity index (χ3v) is 4.29. The molecule has 3 heteroatoms. The van der Waals surface area contributed by atoms with Crippen molar-refractivity contribution in [1.29, 1.82) is 0 Å². The fourth-order valence-corrected chi connectivity index (χ4v) is 2.83. The molecule has 2 rings (SSSR count). The second-order valence-electron chi connectivity index (χ2n) is 5.70. The van der Waals surface area contributed by atoms with Gasteiger partial charge in [0, 0.05) is 38.3 Å². The summed E-state index contributed by atoms with van der Waals surface area (Å²) in [5.41, 5.74) is 1.36. The fourth-order valence-electron chi connectivity index (χ4n) is 2.83. The molecule has 1 aromatic carbocycles. The Morgan fingerprint density at radius 3 is 2.68 bits per heavy atom. The van der Waals surface area contributed by atoms with Crippen LogP contribution in [0.3, 0.4) is 0 Å². The Morgan fingerprint density at radius 2 is 2.00 bits per heavy atom. The van der Waals surface area contributed by atoms with Crippen LogP contribution in [0.1, 0.15) is 25.3 Å². The second kappa shape index (κ2) is 7.04. The summed E-state index contributed by atoms with van der Waals surface area (Å²) in [6.45, 7) is 5.73. The van der Waals surface area contributed by atoms with Gasteiger partial charge in [-0.05, 0) is 32.4 Å². The first-order valence-electron chi connectivity index (χ1n) is 7.29. The summed E-state index contributed by atoms with van der Waals surface area (Å²) in [5.74, 6) is 0. The van der Waals surface area contributed by atoms with Gasteiger partial charge in [0.15, 0.2) is 0 Å². The van der Waals surface area contributed by atoms with Gasteiger partial charge in [-0.15, -0.1) is 0 Å². The zero-order chi connectivity index (χ0) is 13.7. The normalized spacial score (nSPS) is 26.3. The van der Waals surface area contributed by atoms with Crippen LogP contribution in [0.2, 0.25) is 0 Å². The van der Waals surface area contributed by atoms with E-state index >= 15 is 0 Å². The molecule has 1 aliphatic heterocycles. The predicted molar refractivity (Wildman–Crippen MR) is 79.1 cm³/mol. The van der Waals surface area contributed by atoms with E-state index in [1.807, 2.05) is 0 Å². The SMILES string of the molecule is CC1CCN(Cc2ccccc2)C(CCO)CN1C. The number of likely N-dealkylation sites (N-methyl/N-ethyl adjacent to an activating group) is 1. The van der Waals surface area contributed by atoms with Crippen molar-refractivity contribution in [2.24, 2.45) is 0 Å². The van der Waals surface area contributed by atoms with E-state index < -0.39 is 0 Å². The average molecular weight is 262 g/mol. The van der Waals surface area contributed by atoms with Crippen molar-refractivity contribution in [3.05, 3.63) is 35.9 Å². The lowest BCUT2D eigenvalue weighted by Crippen LogP contribution is -2.41. The number of rotatable bonds is 4. The Labute approximate surface area is 116 Å². The van der Waals surface area contributed by atoms with Gasteiger partial charge < -0.3 is 10.0 Å². The zero-order valence-corrected chi connectivity index (χ0v) is 12.1. The Balaban J connectivity index is 2.06. The van der Waals surface area contributed by atoms with Crippen LogP contribution in [0, 0.1) is 0 Å². The first-order chi connectivity index (χ1) is 9.20. The smallest absolute Gasteiger partial charge is 0.0446 e. The van der Waals surface area contributed by atoms with Gasteiger partial charge in [0.1, 0.15) is 0 Å². The van der Waals surface area contributed by atoms with Crippen molar-refractivity contribution in [3.63, 3.8) is 0 Å². The third kappa shape index (κ3) is 4.03. The summed E-state index contributed by atoms with van der Waals surface area (Å²) in [5, 5.41) is 9.30. The molecular weight excluding hydrogens is 236 g/mol. The molecule has 0 spiro atoms. The quantitative estimate of drug-likeness (QED) is 0.898. The van der Waals surface area contributed by atoms with Crippen molar-refractivity contribution in [1.82, 2.24) is 9.80 Å². The summed E-state index contributed by atoms with van der Waals surface area (Å²) < 4.78 is 0. The topological polar surface area (TPSA) is 26.7 Å². The van der Waals surface area contributed by atoms with Crippen molar-refractivity contribution in [2.45, 2.75) is 38.4 Å². The number of benzene rings is 1. The second-order valence-corrected chi connectivity index (χ2v) is 5.70. The molecule has 1 saturated heterocycles. The van der Waals surface area contributed by atoms with E-state index in [9.17, 15) is 5.11 Å². The molecule has 1 aliphatic rings. The highest BCUT2D eigenvalue weighted by Gasteiger charge is 2.26. The first kappa shape index (κ1) is 14.5. The van der Waals surface area contributed by atoms with Crippen molar-refractivity contribution < 1.29 is 5.11 Å². The standard InChI is InChI=1S/C16H26N2O/c1-14-8-10-18(12-15-6-4-3-5-7-15)16(9-11-19)13-17(14)2/h3-7,14,16,19H,8-13H2,1-2H3. The minimum absolute atomic E-state index is 0.276. The average Bonchev–Trinajstić information content (AvgIpc) is 2.54. The van der Waals surface area contributed by atoms with Crippen LogP contribution in [0.5, 0.6) is 0 Å². The highest BCUT2D eigenvalue weighted by Crippen LogP contribution is 2.18. The molecule has 0 bridgehead atoms. The Hall–Kier alpha value is -0.900. The molecule has 0 aliphatic carbocycles. The van der Waals surface area contributed by atoms with E-state index in [1.165, 1.54) is 12.0 Å². The summed E-state index contributed by atoms with van der Waals surface area (Å²) >= 11 is 0. The van der Waals surface area contributed by atoms with Crippen molar-refractivity contribution in [2.75, 3.05) is 26.7 Å². The molecule has 1 heterocycles. The van der Waals surface area contributed by atoms with E-state index in [4.69, 9.17) is 0 Å². The third-order valence-electron chi connectivity index (χ3n) is 4.29. The van der Waals surface area contributed by atoms with Gasteiger partial charge in [0.25, 0.3) is 0 Å². The zero-order valence-electron chi connectivity index (χ0n) is 12.1. The van der Waals surface area contributed by atoms with Gasteiger partial charge in [-0.25, -0.2) is 0 Å². The largest absolute Gasteiger partial charge is 0.396 e. The van der Waals surface area contributed by atoms with Crippen LogP contribution in [0.15, 0.2) is 30.3 Å². The molecular formula is C16H26N2O. The number of aliphatic hydroxyl groups is 1. The van der Waals surface area contributed by atoms with Gasteiger partial charge in [0.2, 0.25) is 0 Å². The molecule has 1 fully saturated rings. The maximum absolute atomic E-state index is 9.30. The van der Waals surface area contributed by atoms with Crippen LogP contribution in [-0.4, -0.2) is 53.7 Å². The molecule has 2 atom stereocenters. The Bertz CT molecular complexity index is 368. The molecule has 0 saturated carbocycles. The van der Waals surface area contributed by atoms with Gasteiger partial charge in [-0.2, -0.15) is 0 Å². The molecule has 0 amide bonds. The first-order valence-corrected chi connectivity index (χ1v) is 7.29. The van der Waals surface area contributed by atoms with Crippen LogP contribution in [-0.2, 0) is 6.54 Å². The van der Waals surface area contributed by atoms with Crippen LogP contribution in [0.4, 0.5) is 0 Å². The molecule has 0 aromatic heterocycles. The molecule has 1 aromatic rings. The number of hydrogen-bond donors (Lipinski definition) is 1. The summed E-state index contributed by atoms with van der Waals surface area (Å²) in [6, 6.07) is 11.7. The van der Waals surface area contributed by atoms with Crippen molar-refractivity contribution >= 4 is 0 Å². The molecule has 3 nitrogen and oxygen atoms in total. The van der Waals surface area contributed by atoms with Gasteiger partial charge in [-0.3, -0.25) is 4.90 Å². The van der Waals surface area contributed by atoms with E-state index in [0.29, 0.717) is 12.1 Å². The Morgan fingerprint density at radius 1 is 1.26 bits per heavy atom. The molecule has 0 radical (unpaired) electrons. The minimum atomic E-state index is 0.276.